The van der Waals surface area contributed by atoms with Crippen LogP contribution in [-0.2, 0) is 0 Å². The van der Waals surface area contributed by atoms with Crippen molar-refractivity contribution in [1.82, 2.24) is 15.2 Å². The van der Waals surface area contributed by atoms with Crippen LogP contribution in [0.5, 0.6) is 0 Å². The molecule has 1 N–H and O–H groups in total. The first-order chi connectivity index (χ1) is 11.5. The second-order valence-electron chi connectivity index (χ2n) is 6.69. The Morgan fingerprint density at radius 1 is 1.38 bits per heavy atom. The molecular formula is C18H20FN3O2. The van der Waals surface area contributed by atoms with Crippen molar-refractivity contribution < 1.29 is 13.6 Å². The van der Waals surface area contributed by atoms with Gasteiger partial charge in [0, 0.05) is 32.5 Å². The van der Waals surface area contributed by atoms with Crippen LogP contribution in [0.1, 0.15) is 33.7 Å². The molecule has 3 heterocycles. The van der Waals surface area contributed by atoms with Crippen molar-refractivity contribution in [3.63, 3.8) is 0 Å². The number of hydrogen-bond donors (Lipinski definition) is 1. The van der Waals surface area contributed by atoms with Gasteiger partial charge in [-0.3, -0.25) is 4.79 Å². The first-order valence-corrected chi connectivity index (χ1v) is 8.26. The molecule has 0 aliphatic carbocycles. The maximum Gasteiger partial charge on any atom is 0.292 e. The van der Waals surface area contributed by atoms with Gasteiger partial charge < -0.3 is 14.6 Å². The Bertz CT molecular complexity index is 788. The van der Waals surface area contributed by atoms with Gasteiger partial charge in [0.1, 0.15) is 5.82 Å². The van der Waals surface area contributed by atoms with E-state index in [0.717, 1.165) is 18.7 Å². The predicted octanol–water partition coefficient (Wildman–Crippen LogP) is 2.46. The van der Waals surface area contributed by atoms with Gasteiger partial charge in [-0.1, -0.05) is 12.1 Å². The molecule has 1 amide bonds. The van der Waals surface area contributed by atoms with Gasteiger partial charge in [-0.25, -0.2) is 9.37 Å². The minimum atomic E-state index is -0.277. The molecule has 0 spiro atoms. The summed E-state index contributed by atoms with van der Waals surface area (Å²) < 4.78 is 19.3. The molecule has 0 radical (unpaired) electrons. The first-order valence-electron chi connectivity index (χ1n) is 8.26. The first kappa shape index (κ1) is 15.3. The molecule has 0 saturated carbocycles. The summed E-state index contributed by atoms with van der Waals surface area (Å²) in [5.74, 6) is 1.02. The Balaban J connectivity index is 1.73. The average Bonchev–Trinajstić information content (AvgIpc) is 3.20. The SMILES string of the molecule is Cc1nc(C)c(C(=O)N2C[C@@H]3CNC[C@@H]3[C@H]2c2cccc(F)c2)o1. The summed E-state index contributed by atoms with van der Waals surface area (Å²) in [7, 11) is 0. The molecular weight excluding hydrogens is 309 g/mol. The minimum absolute atomic E-state index is 0.141. The number of halogens is 1. The zero-order valence-corrected chi connectivity index (χ0v) is 13.8. The van der Waals surface area contributed by atoms with E-state index in [1.54, 1.807) is 19.9 Å². The van der Waals surface area contributed by atoms with Gasteiger partial charge in [-0.15, -0.1) is 0 Å². The normalized spacial score (nSPS) is 26.0. The zero-order valence-electron chi connectivity index (χ0n) is 13.8. The van der Waals surface area contributed by atoms with Crippen molar-refractivity contribution in [3.05, 3.63) is 53.0 Å². The van der Waals surface area contributed by atoms with E-state index in [9.17, 15) is 9.18 Å². The van der Waals surface area contributed by atoms with E-state index >= 15 is 0 Å². The number of nitrogens with zero attached hydrogens (tertiary/aromatic N) is 2. The van der Waals surface area contributed by atoms with E-state index in [1.807, 2.05) is 11.0 Å². The quantitative estimate of drug-likeness (QED) is 0.919. The lowest BCUT2D eigenvalue weighted by Crippen LogP contribution is -2.34. The fourth-order valence-electron chi connectivity index (χ4n) is 4.11. The highest BCUT2D eigenvalue weighted by molar-refractivity contribution is 5.93. The molecule has 126 valence electrons. The van der Waals surface area contributed by atoms with Crippen molar-refractivity contribution >= 4 is 5.91 Å². The second-order valence-corrected chi connectivity index (χ2v) is 6.69. The smallest absolute Gasteiger partial charge is 0.292 e. The van der Waals surface area contributed by atoms with E-state index in [1.165, 1.54) is 12.1 Å². The lowest BCUT2D eigenvalue weighted by Gasteiger charge is -2.28. The number of likely N-dealkylation sites (tertiary alicyclic amines) is 1. The van der Waals surface area contributed by atoms with Gasteiger partial charge in [-0.05, 0) is 30.5 Å². The number of aromatic nitrogens is 1. The van der Waals surface area contributed by atoms with Crippen LogP contribution in [0.25, 0.3) is 0 Å². The summed E-state index contributed by atoms with van der Waals surface area (Å²) in [4.78, 5) is 19.1. The highest BCUT2D eigenvalue weighted by Crippen LogP contribution is 2.43. The van der Waals surface area contributed by atoms with Crippen molar-refractivity contribution in [2.45, 2.75) is 19.9 Å². The minimum Gasteiger partial charge on any atom is -0.436 e. The molecule has 6 heteroatoms. The predicted molar refractivity (Wildman–Crippen MR) is 86.0 cm³/mol. The van der Waals surface area contributed by atoms with E-state index in [4.69, 9.17) is 4.42 Å². The van der Waals surface area contributed by atoms with Gasteiger partial charge in [0.05, 0.1) is 11.7 Å². The van der Waals surface area contributed by atoms with Crippen LogP contribution in [0.15, 0.2) is 28.7 Å². The number of hydrogen-bond acceptors (Lipinski definition) is 4. The zero-order chi connectivity index (χ0) is 16.8. The summed E-state index contributed by atoms with van der Waals surface area (Å²) in [5, 5.41) is 3.39. The largest absolute Gasteiger partial charge is 0.436 e. The van der Waals surface area contributed by atoms with Crippen molar-refractivity contribution in [2.24, 2.45) is 11.8 Å². The lowest BCUT2D eigenvalue weighted by atomic mass is 9.89. The third-order valence-electron chi connectivity index (χ3n) is 5.11. The third-order valence-corrected chi connectivity index (χ3v) is 5.11. The molecule has 2 fully saturated rings. The number of carbonyl (C=O) groups excluding carboxylic acids is 1. The lowest BCUT2D eigenvalue weighted by molar-refractivity contribution is 0.0679. The van der Waals surface area contributed by atoms with E-state index in [-0.39, 0.29) is 17.8 Å². The molecule has 2 aliphatic heterocycles. The Kier molecular flexibility index (Phi) is 3.64. The number of nitrogens with one attached hydrogen (secondary N) is 1. The molecule has 2 saturated heterocycles. The molecule has 1 aromatic heterocycles. The van der Waals surface area contributed by atoms with Crippen LogP contribution in [0, 0.1) is 31.5 Å². The van der Waals surface area contributed by atoms with Gasteiger partial charge in [-0.2, -0.15) is 0 Å². The van der Waals surface area contributed by atoms with Crippen LogP contribution in [0.3, 0.4) is 0 Å². The summed E-state index contributed by atoms with van der Waals surface area (Å²) in [6.45, 7) is 5.88. The molecule has 2 aliphatic rings. The Morgan fingerprint density at radius 3 is 2.92 bits per heavy atom. The summed E-state index contributed by atoms with van der Waals surface area (Å²) in [6.07, 6.45) is 0. The molecule has 0 bridgehead atoms. The topological polar surface area (TPSA) is 58.4 Å². The molecule has 1 aromatic carbocycles. The maximum atomic E-state index is 13.7. The molecule has 0 unspecified atom stereocenters. The molecule has 2 aromatic rings. The van der Waals surface area contributed by atoms with Crippen molar-refractivity contribution in [3.8, 4) is 0 Å². The standard InChI is InChI=1S/C18H20FN3O2/c1-10-17(24-11(2)21-10)18(23)22-9-13-7-20-8-15(13)16(22)12-4-3-5-14(19)6-12/h3-6,13,15-16,20H,7-9H2,1-2H3/t13-,15-,16+/m0/s1. The fraction of sp³-hybridized carbons (Fsp3) is 0.444. The van der Waals surface area contributed by atoms with Crippen molar-refractivity contribution in [2.75, 3.05) is 19.6 Å². The highest BCUT2D eigenvalue weighted by atomic mass is 19.1. The number of rotatable bonds is 2. The van der Waals surface area contributed by atoms with E-state index < -0.39 is 0 Å². The molecule has 5 nitrogen and oxygen atoms in total. The number of amides is 1. The van der Waals surface area contributed by atoms with Gasteiger partial charge >= 0.3 is 0 Å². The Morgan fingerprint density at radius 2 is 2.21 bits per heavy atom. The molecule has 4 rings (SSSR count). The van der Waals surface area contributed by atoms with E-state index in [0.29, 0.717) is 35.7 Å². The van der Waals surface area contributed by atoms with E-state index in [2.05, 4.69) is 10.3 Å². The van der Waals surface area contributed by atoms with Gasteiger partial charge in [0.25, 0.3) is 5.91 Å². The highest BCUT2D eigenvalue weighted by Gasteiger charge is 2.47. The average molecular weight is 329 g/mol. The molecule has 24 heavy (non-hydrogen) atoms. The van der Waals surface area contributed by atoms with Crippen LogP contribution in [-0.4, -0.2) is 35.4 Å². The number of aryl methyl sites for hydroxylation is 2. The summed E-state index contributed by atoms with van der Waals surface area (Å²) in [6, 6.07) is 6.42. The number of benzene rings is 1. The number of carbonyl (C=O) groups is 1. The van der Waals surface area contributed by atoms with Crippen LogP contribution in [0.4, 0.5) is 4.39 Å². The van der Waals surface area contributed by atoms with Crippen molar-refractivity contribution in [1.29, 1.82) is 0 Å². The Hall–Kier alpha value is -2.21. The summed E-state index contributed by atoms with van der Waals surface area (Å²) >= 11 is 0. The third kappa shape index (κ3) is 2.41. The van der Waals surface area contributed by atoms with Crippen LogP contribution < -0.4 is 5.32 Å². The maximum absolute atomic E-state index is 13.7. The van der Waals surface area contributed by atoms with Crippen LogP contribution in [0.2, 0.25) is 0 Å². The fourth-order valence-corrected chi connectivity index (χ4v) is 4.11. The Labute approximate surface area is 139 Å². The molecule has 3 atom stereocenters. The number of oxazole rings is 1. The monoisotopic (exact) mass is 329 g/mol. The second kappa shape index (κ2) is 5.70. The van der Waals surface area contributed by atoms with Crippen LogP contribution >= 0.6 is 0 Å². The van der Waals surface area contributed by atoms with Gasteiger partial charge in [0.15, 0.2) is 5.89 Å². The number of fused-ring (bicyclic) bond motifs is 1. The summed E-state index contributed by atoms with van der Waals surface area (Å²) in [5.41, 5.74) is 1.44. The van der Waals surface area contributed by atoms with Gasteiger partial charge in [0.2, 0.25) is 5.76 Å².